The second-order valence-electron chi connectivity index (χ2n) is 23.4. The Morgan fingerprint density at radius 2 is 0.612 bits per heavy atom. The topological polar surface area (TPSA) is 229 Å². The Bertz CT molecular complexity index is 3170. The molecule has 446 valence electrons. The van der Waals surface area contributed by atoms with E-state index in [2.05, 4.69) is 31.9 Å². The minimum absolute atomic E-state index is 0.00175. The summed E-state index contributed by atoms with van der Waals surface area (Å²) in [6.07, 6.45) is 3.45. The van der Waals surface area contributed by atoms with Crippen LogP contribution in [0.25, 0.3) is 0 Å². The zero-order valence-corrected chi connectivity index (χ0v) is 50.5. The molecule has 0 heterocycles. The van der Waals surface area contributed by atoms with Gasteiger partial charge in [0.25, 0.3) is 0 Å². The lowest BCUT2D eigenvalue weighted by atomic mass is 9.83. The molecule has 6 aromatic carbocycles. The Kier molecular flexibility index (Phi) is 23.0. The van der Waals surface area contributed by atoms with Gasteiger partial charge in [-0.1, -0.05) is 116 Å². The van der Waals surface area contributed by atoms with Crippen molar-refractivity contribution < 1.29 is 43.2 Å². The SMILES string of the molecule is CCCNC(=O)C(C)(C)C(=O)Nc1ccc(Cc2ccc(NC(=O)N(CCNC(=O)C(C)(C)C(=O)Cc3ccc(Cc4ccc(CC(C)=O)cc4)cc3)CCNC(=O)C(C)(C)C(=O)Nc3ccc(Cc4ccc(CC(C)=O)cc4)cc3)cc2)cc1. The van der Waals surface area contributed by atoms with E-state index in [1.54, 1.807) is 77.9 Å². The lowest BCUT2D eigenvalue weighted by molar-refractivity contribution is -0.140. The largest absolute Gasteiger partial charge is 0.355 e. The van der Waals surface area contributed by atoms with E-state index in [0.717, 1.165) is 56.5 Å². The van der Waals surface area contributed by atoms with Crippen molar-refractivity contribution in [1.29, 1.82) is 0 Å². The molecule has 6 rings (SSSR count). The standard InChI is InChI=1S/C69H81N7O9/c1-10-35-70-62(81)68(6,7)64(83)73-57-31-25-54(26-32-57)44-55-27-33-59(34-28-55)75-66(85)76(38-36-71-61(80)67(4,5)60(79)45-56-21-19-52(20-22-56)42-50-15-11-48(12-16-50)40-46(2)77)39-37-72-63(82)69(8,9)65(84)74-58-29-23-53(24-30-58)43-51-17-13-49(14-18-51)41-47(3)78/h11-34H,10,35-45H2,1-9H3,(H,70,81)(H,71,80)(H,72,82)(H,73,83)(H,74,84)(H,75,85). The van der Waals surface area contributed by atoms with Gasteiger partial charge < -0.3 is 36.8 Å². The molecule has 0 aliphatic carbocycles. The molecule has 6 aromatic rings. The summed E-state index contributed by atoms with van der Waals surface area (Å²) in [6.45, 7) is 14.8. The molecule has 0 bridgehead atoms. The van der Waals surface area contributed by atoms with Crippen LogP contribution in [0.1, 0.15) is 119 Å². The molecule has 85 heavy (non-hydrogen) atoms. The van der Waals surface area contributed by atoms with Gasteiger partial charge in [-0.15, -0.1) is 0 Å². The predicted octanol–water partition coefficient (Wildman–Crippen LogP) is 9.78. The molecule has 0 saturated heterocycles. The number of hydrogen-bond acceptors (Lipinski definition) is 9. The van der Waals surface area contributed by atoms with Gasteiger partial charge in [0.2, 0.25) is 29.5 Å². The third kappa shape index (κ3) is 19.5. The summed E-state index contributed by atoms with van der Waals surface area (Å²) >= 11 is 0. The highest BCUT2D eigenvalue weighted by Crippen LogP contribution is 2.25. The number of rotatable bonds is 29. The van der Waals surface area contributed by atoms with E-state index in [9.17, 15) is 43.2 Å². The number of nitrogens with zero attached hydrogens (tertiary/aromatic N) is 1. The fourth-order valence-corrected chi connectivity index (χ4v) is 9.07. The number of Topliss-reactive ketones (excluding diaryl/α,β-unsaturated/α-hetero) is 3. The van der Waals surface area contributed by atoms with E-state index in [-0.39, 0.29) is 55.9 Å². The molecule has 0 saturated carbocycles. The van der Waals surface area contributed by atoms with Crippen molar-refractivity contribution in [2.24, 2.45) is 16.2 Å². The molecule has 16 heteroatoms. The van der Waals surface area contributed by atoms with Crippen molar-refractivity contribution in [2.45, 2.75) is 107 Å². The number of carbonyl (C=O) groups excluding carboxylic acids is 9. The van der Waals surface area contributed by atoms with Crippen LogP contribution in [0.4, 0.5) is 21.9 Å². The zero-order valence-electron chi connectivity index (χ0n) is 50.5. The van der Waals surface area contributed by atoms with E-state index in [1.807, 2.05) is 116 Å². The monoisotopic (exact) mass is 1150 g/mol. The number of benzene rings is 6. The third-order valence-corrected chi connectivity index (χ3v) is 14.9. The van der Waals surface area contributed by atoms with Crippen LogP contribution < -0.4 is 31.9 Å². The summed E-state index contributed by atoms with van der Waals surface area (Å²) in [4.78, 5) is 119. The van der Waals surface area contributed by atoms with Crippen LogP contribution in [0.5, 0.6) is 0 Å². The minimum atomic E-state index is -1.52. The van der Waals surface area contributed by atoms with Gasteiger partial charge in [-0.3, -0.25) is 38.4 Å². The second kappa shape index (κ2) is 30.0. The summed E-state index contributed by atoms with van der Waals surface area (Å²) in [5.74, 6) is -2.46. The van der Waals surface area contributed by atoms with Crippen LogP contribution in [-0.4, -0.2) is 90.5 Å². The number of amides is 7. The first-order valence-electron chi connectivity index (χ1n) is 28.9. The number of nitrogens with one attached hydrogen (secondary N) is 6. The fourth-order valence-electron chi connectivity index (χ4n) is 9.07. The van der Waals surface area contributed by atoms with Crippen LogP contribution >= 0.6 is 0 Å². The highest BCUT2D eigenvalue weighted by Gasteiger charge is 2.38. The molecular formula is C69H81N7O9. The molecule has 0 aliphatic heterocycles. The van der Waals surface area contributed by atoms with Gasteiger partial charge in [0, 0.05) is 69.0 Å². The molecule has 0 atom stereocenters. The van der Waals surface area contributed by atoms with Crippen LogP contribution in [0, 0.1) is 16.2 Å². The van der Waals surface area contributed by atoms with E-state index < -0.39 is 45.9 Å². The van der Waals surface area contributed by atoms with Gasteiger partial charge in [-0.25, -0.2) is 4.79 Å². The van der Waals surface area contributed by atoms with Gasteiger partial charge in [0.15, 0.2) is 5.78 Å². The van der Waals surface area contributed by atoms with Gasteiger partial charge in [0.05, 0.1) is 0 Å². The summed E-state index contributed by atoms with van der Waals surface area (Å²) in [7, 11) is 0. The van der Waals surface area contributed by atoms with E-state index >= 15 is 0 Å². The van der Waals surface area contributed by atoms with Gasteiger partial charge in [-0.05, 0) is 168 Å². The lowest BCUT2D eigenvalue weighted by Crippen LogP contribution is -2.50. The molecule has 16 nitrogen and oxygen atoms in total. The first-order valence-corrected chi connectivity index (χ1v) is 28.9. The molecule has 0 unspecified atom stereocenters. The normalized spacial score (nSPS) is 11.4. The van der Waals surface area contributed by atoms with Crippen LogP contribution in [0.15, 0.2) is 146 Å². The highest BCUT2D eigenvalue weighted by atomic mass is 16.2. The van der Waals surface area contributed by atoms with Crippen molar-refractivity contribution in [3.8, 4) is 0 Å². The van der Waals surface area contributed by atoms with Gasteiger partial charge >= 0.3 is 6.03 Å². The average Bonchev–Trinajstić information content (AvgIpc) is 3.67. The van der Waals surface area contributed by atoms with Crippen LogP contribution in [0.3, 0.4) is 0 Å². The smallest absolute Gasteiger partial charge is 0.321 e. The number of anilines is 3. The number of carbonyl (C=O) groups is 9. The van der Waals surface area contributed by atoms with E-state index in [1.165, 1.54) is 18.7 Å². The zero-order chi connectivity index (χ0) is 61.9. The fraction of sp³-hybridized carbons (Fsp3) is 0.348. The van der Waals surface area contributed by atoms with E-state index in [0.29, 0.717) is 55.7 Å². The maximum atomic E-state index is 14.1. The first kappa shape index (κ1) is 65.1. The summed E-state index contributed by atoms with van der Waals surface area (Å²) in [6, 6.07) is 44.9. The van der Waals surface area contributed by atoms with E-state index in [4.69, 9.17) is 0 Å². The maximum Gasteiger partial charge on any atom is 0.321 e. The van der Waals surface area contributed by atoms with Gasteiger partial charge in [-0.2, -0.15) is 0 Å². The van der Waals surface area contributed by atoms with Crippen molar-refractivity contribution in [1.82, 2.24) is 20.9 Å². The van der Waals surface area contributed by atoms with Gasteiger partial charge in [0.1, 0.15) is 27.8 Å². The summed E-state index contributed by atoms with van der Waals surface area (Å²) in [5.41, 5.74) is 6.17. The predicted molar refractivity (Wildman–Crippen MR) is 333 cm³/mol. The van der Waals surface area contributed by atoms with Crippen molar-refractivity contribution in [3.05, 3.63) is 196 Å². The lowest BCUT2D eigenvalue weighted by Gasteiger charge is -2.27. The maximum absolute atomic E-state index is 14.1. The Hall–Kier alpha value is -9.05. The molecule has 6 N–H and O–H groups in total. The highest BCUT2D eigenvalue weighted by molar-refractivity contribution is 6.11. The first-order chi connectivity index (χ1) is 40.3. The van der Waals surface area contributed by atoms with Crippen LogP contribution in [0.2, 0.25) is 0 Å². The molecule has 0 spiro atoms. The third-order valence-electron chi connectivity index (χ3n) is 14.9. The quantitative estimate of drug-likeness (QED) is 0.0245. The molecule has 0 aromatic heterocycles. The van der Waals surface area contributed by atoms with Crippen molar-refractivity contribution >= 4 is 70.0 Å². The number of ketones is 3. The minimum Gasteiger partial charge on any atom is -0.355 e. The summed E-state index contributed by atoms with van der Waals surface area (Å²) in [5, 5.41) is 17.0. The van der Waals surface area contributed by atoms with Crippen molar-refractivity contribution in [2.75, 3.05) is 48.7 Å². The Morgan fingerprint density at radius 1 is 0.341 bits per heavy atom. The number of urea groups is 1. The van der Waals surface area contributed by atoms with Crippen molar-refractivity contribution in [3.63, 3.8) is 0 Å². The molecule has 7 amide bonds. The molecule has 0 aliphatic rings. The second-order valence-corrected chi connectivity index (χ2v) is 23.4. The molecule has 0 radical (unpaired) electrons. The number of hydrogen-bond donors (Lipinski definition) is 6. The molecular weight excluding hydrogens is 1070 g/mol. The Balaban J connectivity index is 1.05. The summed E-state index contributed by atoms with van der Waals surface area (Å²) < 4.78 is 0. The van der Waals surface area contributed by atoms with Crippen LogP contribution in [-0.2, 0) is 76.9 Å². The Morgan fingerprint density at radius 3 is 0.929 bits per heavy atom. The molecule has 0 fully saturated rings. The average molecular weight is 1150 g/mol. The Labute approximate surface area is 499 Å².